The highest BCUT2D eigenvalue weighted by Gasteiger charge is 2.10. The zero-order valence-corrected chi connectivity index (χ0v) is 12.1. The molecule has 2 N–H and O–H groups in total. The Morgan fingerprint density at radius 1 is 1.10 bits per heavy atom. The Kier molecular flexibility index (Phi) is 4.40. The largest absolute Gasteiger partial charge is 0.489 e. The Morgan fingerprint density at radius 2 is 1.85 bits per heavy atom. The van der Waals surface area contributed by atoms with Gasteiger partial charge in [0, 0.05) is 11.6 Å². The summed E-state index contributed by atoms with van der Waals surface area (Å²) in [5, 5.41) is 0. The molecule has 0 saturated carbocycles. The number of nitrogens with two attached hydrogens (primary N) is 1. The van der Waals surface area contributed by atoms with Gasteiger partial charge in [0.2, 0.25) is 0 Å². The number of ether oxygens (including phenoxy) is 1. The molecule has 0 fully saturated rings. The minimum atomic E-state index is -0.296. The molecule has 0 bridgehead atoms. The Balaban J connectivity index is 2.16. The zero-order valence-electron chi connectivity index (χ0n) is 12.1. The summed E-state index contributed by atoms with van der Waals surface area (Å²) in [7, 11) is 0. The molecule has 106 valence electrons. The Bertz CT molecular complexity index is 608. The van der Waals surface area contributed by atoms with Crippen LogP contribution in [0.2, 0.25) is 0 Å². The van der Waals surface area contributed by atoms with Gasteiger partial charge in [0.25, 0.3) is 0 Å². The van der Waals surface area contributed by atoms with Crippen molar-refractivity contribution < 1.29 is 9.13 Å². The van der Waals surface area contributed by atoms with Gasteiger partial charge in [0.15, 0.2) is 0 Å². The summed E-state index contributed by atoms with van der Waals surface area (Å²) in [5.74, 6) is 0.343. The molecule has 0 heterocycles. The van der Waals surface area contributed by atoms with Gasteiger partial charge in [-0.15, -0.1) is 0 Å². The minimum Gasteiger partial charge on any atom is -0.489 e. The molecule has 20 heavy (non-hydrogen) atoms. The summed E-state index contributed by atoms with van der Waals surface area (Å²) in [4.78, 5) is 0. The van der Waals surface area contributed by atoms with Crippen LogP contribution in [-0.4, -0.2) is 0 Å². The lowest BCUT2D eigenvalue weighted by molar-refractivity contribution is 0.301. The van der Waals surface area contributed by atoms with Crippen LogP contribution in [0.4, 0.5) is 4.39 Å². The second-order valence-electron chi connectivity index (χ2n) is 5.18. The van der Waals surface area contributed by atoms with Crippen LogP contribution in [0, 0.1) is 19.7 Å². The minimum absolute atomic E-state index is 0.263. The van der Waals surface area contributed by atoms with Gasteiger partial charge in [-0.1, -0.05) is 18.2 Å². The van der Waals surface area contributed by atoms with E-state index < -0.39 is 0 Å². The summed E-state index contributed by atoms with van der Waals surface area (Å²) in [5.41, 5.74) is 10.1. The number of hydrogen-bond acceptors (Lipinski definition) is 2. The molecular formula is C17H20FNO. The summed E-state index contributed by atoms with van der Waals surface area (Å²) >= 11 is 0. The molecule has 2 rings (SSSR count). The maximum Gasteiger partial charge on any atom is 0.124 e. The third-order valence-electron chi connectivity index (χ3n) is 3.43. The molecule has 2 nitrogen and oxygen atoms in total. The number of aryl methyl sites for hydroxylation is 2. The fraction of sp³-hybridized carbons (Fsp3) is 0.294. The van der Waals surface area contributed by atoms with E-state index in [9.17, 15) is 4.39 Å². The fourth-order valence-electron chi connectivity index (χ4n) is 2.06. The van der Waals surface area contributed by atoms with Crippen LogP contribution in [-0.2, 0) is 6.61 Å². The average molecular weight is 273 g/mol. The number of rotatable bonds is 4. The predicted octanol–water partition coefficient (Wildman–Crippen LogP) is 4.04. The van der Waals surface area contributed by atoms with Gasteiger partial charge in [-0.3, -0.25) is 0 Å². The predicted molar refractivity (Wildman–Crippen MR) is 79.3 cm³/mol. The van der Waals surface area contributed by atoms with E-state index in [2.05, 4.69) is 26.0 Å². The third-order valence-corrected chi connectivity index (χ3v) is 3.43. The van der Waals surface area contributed by atoms with E-state index in [-0.39, 0.29) is 11.9 Å². The summed E-state index contributed by atoms with van der Waals surface area (Å²) in [6, 6.07) is 10.4. The van der Waals surface area contributed by atoms with Crippen LogP contribution in [0.25, 0.3) is 0 Å². The van der Waals surface area contributed by atoms with E-state index in [4.69, 9.17) is 10.5 Å². The molecule has 3 heteroatoms. The third kappa shape index (κ3) is 3.36. The quantitative estimate of drug-likeness (QED) is 0.912. The fourth-order valence-corrected chi connectivity index (χ4v) is 2.06. The Labute approximate surface area is 119 Å². The second kappa shape index (κ2) is 6.06. The lowest BCUT2D eigenvalue weighted by Crippen LogP contribution is -2.08. The summed E-state index contributed by atoms with van der Waals surface area (Å²) < 4.78 is 19.0. The first kappa shape index (κ1) is 14.5. The average Bonchev–Trinajstić information content (AvgIpc) is 2.41. The van der Waals surface area contributed by atoms with E-state index in [0.717, 1.165) is 5.56 Å². The highest BCUT2D eigenvalue weighted by Crippen LogP contribution is 2.25. The highest BCUT2D eigenvalue weighted by molar-refractivity contribution is 5.36. The van der Waals surface area contributed by atoms with Crippen LogP contribution >= 0.6 is 0 Å². The first-order chi connectivity index (χ1) is 9.47. The Hall–Kier alpha value is -1.87. The van der Waals surface area contributed by atoms with Crippen molar-refractivity contribution in [3.8, 4) is 5.75 Å². The molecule has 0 spiro atoms. The standard InChI is InChI=1S/C17H20FNO/c1-11-4-5-14(8-12(11)2)10-20-17-7-6-15(18)9-16(17)13(3)19/h4-9,13H,10,19H2,1-3H3/t13-/m0/s1. The van der Waals surface area contributed by atoms with Gasteiger partial charge in [-0.2, -0.15) is 0 Å². The van der Waals surface area contributed by atoms with Gasteiger partial charge in [-0.25, -0.2) is 4.39 Å². The van der Waals surface area contributed by atoms with Crippen molar-refractivity contribution in [3.05, 3.63) is 64.5 Å². The number of hydrogen-bond donors (Lipinski definition) is 1. The van der Waals surface area contributed by atoms with Crippen molar-refractivity contribution in [2.75, 3.05) is 0 Å². The zero-order chi connectivity index (χ0) is 14.7. The second-order valence-corrected chi connectivity index (χ2v) is 5.18. The van der Waals surface area contributed by atoms with Gasteiger partial charge < -0.3 is 10.5 Å². The molecule has 0 aromatic heterocycles. The molecule has 0 saturated heterocycles. The van der Waals surface area contributed by atoms with Crippen LogP contribution in [0.5, 0.6) is 5.75 Å². The molecule has 0 aliphatic carbocycles. The lowest BCUT2D eigenvalue weighted by Gasteiger charge is -2.14. The first-order valence-corrected chi connectivity index (χ1v) is 6.71. The molecule has 0 aliphatic rings. The molecule has 0 radical (unpaired) electrons. The molecule has 2 aromatic carbocycles. The molecule has 0 aliphatic heterocycles. The van der Waals surface area contributed by atoms with E-state index >= 15 is 0 Å². The van der Waals surface area contributed by atoms with E-state index in [1.54, 1.807) is 6.07 Å². The monoisotopic (exact) mass is 273 g/mol. The van der Waals surface area contributed by atoms with E-state index in [1.165, 1.54) is 23.3 Å². The van der Waals surface area contributed by atoms with Crippen LogP contribution in [0.3, 0.4) is 0 Å². The molecule has 0 unspecified atom stereocenters. The van der Waals surface area contributed by atoms with Gasteiger partial charge >= 0.3 is 0 Å². The van der Waals surface area contributed by atoms with Crippen LogP contribution < -0.4 is 10.5 Å². The molecular weight excluding hydrogens is 253 g/mol. The van der Waals surface area contributed by atoms with E-state index in [1.807, 2.05) is 13.0 Å². The summed E-state index contributed by atoms with van der Waals surface area (Å²) in [6.07, 6.45) is 0. The van der Waals surface area contributed by atoms with Crippen LogP contribution in [0.1, 0.15) is 35.2 Å². The summed E-state index contributed by atoms with van der Waals surface area (Å²) in [6.45, 7) is 6.42. The van der Waals surface area contributed by atoms with Crippen molar-refractivity contribution in [1.82, 2.24) is 0 Å². The van der Waals surface area contributed by atoms with Crippen molar-refractivity contribution >= 4 is 0 Å². The molecule has 2 aromatic rings. The first-order valence-electron chi connectivity index (χ1n) is 6.71. The number of benzene rings is 2. The van der Waals surface area contributed by atoms with Gasteiger partial charge in [0.1, 0.15) is 18.2 Å². The maximum atomic E-state index is 13.3. The van der Waals surface area contributed by atoms with Gasteiger partial charge in [-0.05, 0) is 55.7 Å². The highest BCUT2D eigenvalue weighted by atomic mass is 19.1. The molecule has 1 atom stereocenters. The van der Waals surface area contributed by atoms with Crippen molar-refractivity contribution in [2.45, 2.75) is 33.4 Å². The molecule has 0 amide bonds. The smallest absolute Gasteiger partial charge is 0.124 e. The van der Waals surface area contributed by atoms with Crippen molar-refractivity contribution in [3.63, 3.8) is 0 Å². The normalized spacial score (nSPS) is 12.2. The van der Waals surface area contributed by atoms with E-state index in [0.29, 0.717) is 17.9 Å². The van der Waals surface area contributed by atoms with Crippen molar-refractivity contribution in [1.29, 1.82) is 0 Å². The van der Waals surface area contributed by atoms with Gasteiger partial charge in [0.05, 0.1) is 0 Å². The topological polar surface area (TPSA) is 35.2 Å². The van der Waals surface area contributed by atoms with Crippen LogP contribution in [0.15, 0.2) is 36.4 Å². The number of halogens is 1. The van der Waals surface area contributed by atoms with Crippen molar-refractivity contribution in [2.24, 2.45) is 5.73 Å². The SMILES string of the molecule is Cc1ccc(COc2ccc(F)cc2[C@H](C)N)cc1C. The lowest BCUT2D eigenvalue weighted by atomic mass is 10.1. The maximum absolute atomic E-state index is 13.3. The Morgan fingerprint density at radius 3 is 2.50 bits per heavy atom.